The fourth-order valence-corrected chi connectivity index (χ4v) is 3.75. The van der Waals surface area contributed by atoms with E-state index in [1.807, 2.05) is 26.2 Å². The van der Waals surface area contributed by atoms with Crippen LogP contribution in [0, 0.1) is 5.41 Å². The smallest absolute Gasteiger partial charge is 0.422 e. The Morgan fingerprint density at radius 3 is 2.57 bits per heavy atom. The molecule has 0 saturated heterocycles. The topological polar surface area (TPSA) is 64.1 Å². The maximum absolute atomic E-state index is 13.0. The van der Waals surface area contributed by atoms with E-state index in [0.29, 0.717) is 0 Å². The Kier molecular flexibility index (Phi) is 5.65. The van der Waals surface area contributed by atoms with Crippen LogP contribution in [0.5, 0.6) is 5.88 Å². The summed E-state index contributed by atoms with van der Waals surface area (Å²) in [7, 11) is 0. The second-order valence-corrected chi connectivity index (χ2v) is 8.83. The molecule has 9 heteroatoms. The van der Waals surface area contributed by atoms with Crippen LogP contribution in [0.4, 0.5) is 13.2 Å². The van der Waals surface area contributed by atoms with Gasteiger partial charge in [-0.25, -0.2) is 9.97 Å². The van der Waals surface area contributed by atoms with Gasteiger partial charge in [0.25, 0.3) is 5.91 Å². The van der Waals surface area contributed by atoms with Crippen LogP contribution in [-0.2, 0) is 0 Å². The van der Waals surface area contributed by atoms with Crippen molar-refractivity contribution in [1.29, 1.82) is 0 Å². The largest absolute Gasteiger partial charge is 0.468 e. The van der Waals surface area contributed by atoms with E-state index in [2.05, 4.69) is 15.3 Å². The zero-order chi connectivity index (χ0) is 20.5. The molecule has 1 aliphatic rings. The zero-order valence-corrected chi connectivity index (χ0v) is 16.7. The summed E-state index contributed by atoms with van der Waals surface area (Å²) in [5.41, 5.74) is 0.550. The van der Waals surface area contributed by atoms with Gasteiger partial charge in [-0.05, 0) is 29.7 Å². The van der Waals surface area contributed by atoms with Gasteiger partial charge in [-0.2, -0.15) is 13.2 Å². The number of rotatable bonds is 6. The third-order valence-corrected chi connectivity index (χ3v) is 5.20. The Bertz CT molecular complexity index is 828. The molecule has 1 unspecified atom stereocenters. The van der Waals surface area contributed by atoms with Gasteiger partial charge in [-0.15, -0.1) is 11.3 Å². The first-order chi connectivity index (χ1) is 13.0. The molecule has 28 heavy (non-hydrogen) atoms. The van der Waals surface area contributed by atoms with Gasteiger partial charge >= 0.3 is 6.18 Å². The lowest BCUT2D eigenvalue weighted by Gasteiger charge is -2.30. The Balaban J connectivity index is 1.86. The second kappa shape index (κ2) is 7.69. The van der Waals surface area contributed by atoms with Crippen molar-refractivity contribution in [3.8, 4) is 5.88 Å². The summed E-state index contributed by atoms with van der Waals surface area (Å²) in [5, 5.41) is 5.56. The molecule has 1 saturated carbocycles. The first kappa shape index (κ1) is 20.6. The molecule has 0 aromatic carbocycles. The van der Waals surface area contributed by atoms with Crippen LogP contribution in [0.25, 0.3) is 0 Å². The number of thiazole rings is 1. The first-order valence-electron chi connectivity index (χ1n) is 8.95. The van der Waals surface area contributed by atoms with Crippen LogP contribution < -0.4 is 10.1 Å². The van der Waals surface area contributed by atoms with E-state index >= 15 is 0 Å². The number of aromatic nitrogens is 2. The summed E-state index contributed by atoms with van der Waals surface area (Å²) in [6.07, 6.45) is -0.939. The number of nitrogens with zero attached hydrogens (tertiary/aromatic N) is 2. The number of amides is 1. The van der Waals surface area contributed by atoms with Crippen molar-refractivity contribution in [3.63, 3.8) is 0 Å². The van der Waals surface area contributed by atoms with Gasteiger partial charge in [-0.3, -0.25) is 4.79 Å². The van der Waals surface area contributed by atoms with Gasteiger partial charge in [0.15, 0.2) is 6.61 Å². The van der Waals surface area contributed by atoms with Crippen LogP contribution in [-0.4, -0.2) is 28.7 Å². The summed E-state index contributed by atoms with van der Waals surface area (Å²) >= 11 is 1.44. The Morgan fingerprint density at radius 2 is 2.04 bits per heavy atom. The van der Waals surface area contributed by atoms with E-state index in [-0.39, 0.29) is 28.9 Å². The number of halogens is 3. The van der Waals surface area contributed by atoms with E-state index in [1.165, 1.54) is 17.4 Å². The first-order valence-corrected chi connectivity index (χ1v) is 9.83. The van der Waals surface area contributed by atoms with E-state index in [4.69, 9.17) is 4.74 Å². The van der Waals surface area contributed by atoms with Gasteiger partial charge < -0.3 is 10.1 Å². The number of nitrogens with one attached hydrogen (secondary N) is 1. The Morgan fingerprint density at radius 1 is 1.32 bits per heavy atom. The number of ether oxygens (including phenoxy) is 1. The summed E-state index contributed by atoms with van der Waals surface area (Å²) in [5.74, 6) is -0.444. The van der Waals surface area contributed by atoms with E-state index in [0.717, 1.165) is 23.4 Å². The highest BCUT2D eigenvalue weighted by atomic mass is 32.1. The molecule has 2 aromatic heterocycles. The fraction of sp³-hybridized carbons (Fsp3) is 0.526. The second-order valence-electron chi connectivity index (χ2n) is 7.91. The molecule has 0 aliphatic heterocycles. The number of hydrogen-bond acceptors (Lipinski definition) is 5. The summed E-state index contributed by atoms with van der Waals surface area (Å²) in [6, 6.07) is 2.67. The lowest BCUT2D eigenvalue weighted by atomic mass is 9.87. The van der Waals surface area contributed by atoms with Crippen molar-refractivity contribution in [2.75, 3.05) is 6.61 Å². The Hall–Kier alpha value is -2.16. The van der Waals surface area contributed by atoms with Crippen molar-refractivity contribution < 1.29 is 22.7 Å². The maximum Gasteiger partial charge on any atom is 0.422 e. The lowest BCUT2D eigenvalue weighted by molar-refractivity contribution is -0.154. The normalized spacial score (nSPS) is 15.9. The molecule has 2 aromatic rings. The van der Waals surface area contributed by atoms with Gasteiger partial charge in [-0.1, -0.05) is 26.8 Å². The van der Waals surface area contributed by atoms with Gasteiger partial charge in [0, 0.05) is 17.6 Å². The third kappa shape index (κ3) is 5.21. The monoisotopic (exact) mass is 413 g/mol. The molecule has 1 fully saturated rings. The molecular formula is C19H22F3N3O2S. The number of pyridine rings is 1. The molecule has 2 heterocycles. The van der Waals surface area contributed by atoms with Crippen LogP contribution >= 0.6 is 11.3 Å². The average molecular weight is 413 g/mol. The number of alkyl halides is 3. The summed E-state index contributed by atoms with van der Waals surface area (Å²) < 4.78 is 42.1. The zero-order valence-electron chi connectivity index (χ0n) is 15.8. The van der Waals surface area contributed by atoms with Crippen molar-refractivity contribution in [1.82, 2.24) is 15.3 Å². The molecule has 0 bridgehead atoms. The van der Waals surface area contributed by atoms with Gasteiger partial charge in [0.2, 0.25) is 5.88 Å². The molecule has 1 aliphatic carbocycles. The van der Waals surface area contributed by atoms with Gasteiger partial charge in [0.1, 0.15) is 10.7 Å². The van der Waals surface area contributed by atoms with E-state index < -0.39 is 18.7 Å². The van der Waals surface area contributed by atoms with Crippen molar-refractivity contribution in [2.45, 2.75) is 51.7 Å². The van der Waals surface area contributed by atoms with Crippen LogP contribution in [0.3, 0.4) is 0 Å². The predicted octanol–water partition coefficient (Wildman–Crippen LogP) is 4.87. The third-order valence-electron chi connectivity index (χ3n) is 4.36. The summed E-state index contributed by atoms with van der Waals surface area (Å²) in [6.45, 7) is 4.50. The number of hydrogen-bond donors (Lipinski definition) is 1. The molecule has 1 atom stereocenters. The highest BCUT2D eigenvalue weighted by Gasteiger charge is 2.34. The van der Waals surface area contributed by atoms with Crippen LogP contribution in [0.15, 0.2) is 23.7 Å². The lowest BCUT2D eigenvalue weighted by Crippen LogP contribution is -2.37. The Labute approximate surface area is 165 Å². The molecule has 3 rings (SSSR count). The van der Waals surface area contributed by atoms with E-state index in [9.17, 15) is 18.0 Å². The molecule has 5 nitrogen and oxygen atoms in total. The molecule has 0 spiro atoms. The highest BCUT2D eigenvalue weighted by Crippen LogP contribution is 2.42. The molecule has 152 valence electrons. The van der Waals surface area contributed by atoms with Crippen LogP contribution in [0.1, 0.15) is 66.6 Å². The highest BCUT2D eigenvalue weighted by molar-refractivity contribution is 7.09. The minimum absolute atomic E-state index is 0.119. The molecule has 0 radical (unpaired) electrons. The molecule has 1 amide bonds. The standard InChI is InChI=1S/C19H22F3N3O2S/c1-18(2,3)15(17-23-8-9-28-17)25-16(26)14-12(11-4-5-11)6-7-13(24-14)27-10-19(20,21)22/h6-9,11,15H,4-5,10H2,1-3H3,(H,25,26). The van der Waals surface area contributed by atoms with Gasteiger partial charge in [0.05, 0.1) is 6.04 Å². The molecular weight excluding hydrogens is 391 g/mol. The van der Waals surface area contributed by atoms with Crippen molar-refractivity contribution >= 4 is 17.2 Å². The average Bonchev–Trinajstić information content (AvgIpc) is 3.30. The fourth-order valence-electron chi connectivity index (χ4n) is 2.82. The minimum Gasteiger partial charge on any atom is -0.468 e. The van der Waals surface area contributed by atoms with Crippen LogP contribution in [0.2, 0.25) is 0 Å². The minimum atomic E-state index is -4.47. The summed E-state index contributed by atoms with van der Waals surface area (Å²) in [4.78, 5) is 21.4. The van der Waals surface area contributed by atoms with Crippen molar-refractivity contribution in [2.24, 2.45) is 5.41 Å². The number of carbonyl (C=O) groups excluding carboxylic acids is 1. The molecule has 1 N–H and O–H groups in total. The quantitative estimate of drug-likeness (QED) is 0.734. The van der Waals surface area contributed by atoms with E-state index in [1.54, 1.807) is 12.3 Å². The predicted molar refractivity (Wildman–Crippen MR) is 99.5 cm³/mol. The SMILES string of the molecule is CC(C)(C)C(NC(=O)c1nc(OCC(F)(F)F)ccc1C1CC1)c1nccs1. The maximum atomic E-state index is 13.0. The van der Waals surface area contributed by atoms with Crippen molar-refractivity contribution in [3.05, 3.63) is 40.0 Å². The number of carbonyl (C=O) groups is 1.